The van der Waals surface area contributed by atoms with Gasteiger partial charge in [0.2, 0.25) is 15.9 Å². The molecule has 10 heteroatoms. The molecule has 178 valence electrons. The van der Waals surface area contributed by atoms with Crippen molar-refractivity contribution in [3.63, 3.8) is 0 Å². The van der Waals surface area contributed by atoms with E-state index in [4.69, 9.17) is 0 Å². The zero-order valence-corrected chi connectivity index (χ0v) is 20.0. The number of nitrogens with one attached hydrogen (secondary N) is 1. The molecule has 0 saturated carbocycles. The van der Waals surface area contributed by atoms with E-state index in [1.165, 1.54) is 4.31 Å². The molecule has 2 atom stereocenters. The normalized spacial score (nSPS) is 27.2. The zero-order chi connectivity index (χ0) is 22.8. The maximum atomic E-state index is 12.8. The van der Waals surface area contributed by atoms with Gasteiger partial charge in [-0.2, -0.15) is 4.31 Å². The summed E-state index contributed by atoms with van der Waals surface area (Å²) in [6.07, 6.45) is 6.19. The number of sulfone groups is 1. The van der Waals surface area contributed by atoms with E-state index in [-0.39, 0.29) is 34.8 Å². The van der Waals surface area contributed by atoms with E-state index in [0.717, 1.165) is 51.6 Å². The van der Waals surface area contributed by atoms with Gasteiger partial charge in [0.05, 0.1) is 28.9 Å². The Balaban J connectivity index is 1.38. The lowest BCUT2D eigenvalue weighted by molar-refractivity contribution is -0.121. The molecule has 32 heavy (non-hydrogen) atoms. The van der Waals surface area contributed by atoms with Crippen LogP contribution in [0, 0.1) is 0 Å². The summed E-state index contributed by atoms with van der Waals surface area (Å²) in [4.78, 5) is 15.1. The van der Waals surface area contributed by atoms with E-state index in [9.17, 15) is 21.6 Å². The van der Waals surface area contributed by atoms with E-state index < -0.39 is 25.9 Å². The molecule has 4 rings (SSSR count). The van der Waals surface area contributed by atoms with Gasteiger partial charge in [0.1, 0.15) is 0 Å². The lowest BCUT2D eigenvalue weighted by Crippen LogP contribution is -2.52. The summed E-state index contributed by atoms with van der Waals surface area (Å²) in [7, 11) is -6.67. The maximum Gasteiger partial charge on any atom is 0.243 e. The molecule has 3 saturated heterocycles. The number of sulfonamides is 1. The summed E-state index contributed by atoms with van der Waals surface area (Å²) in [5.41, 5.74) is 0.704. The SMILES string of the molecule is O=C(Cc1ccc(S(=O)(=O)N2CCCCC2)cc1)N[C@@H]1CS(=O)(=O)C[C@@H]1N1CCCCC1. The summed E-state index contributed by atoms with van der Waals surface area (Å²) in [6, 6.07) is 5.89. The highest BCUT2D eigenvalue weighted by molar-refractivity contribution is 7.91. The molecule has 0 unspecified atom stereocenters. The number of hydrogen-bond donors (Lipinski definition) is 1. The summed E-state index contributed by atoms with van der Waals surface area (Å²) >= 11 is 0. The van der Waals surface area contributed by atoms with Crippen LogP contribution in [0.15, 0.2) is 29.2 Å². The van der Waals surface area contributed by atoms with E-state index in [2.05, 4.69) is 10.2 Å². The van der Waals surface area contributed by atoms with E-state index in [0.29, 0.717) is 18.7 Å². The zero-order valence-electron chi connectivity index (χ0n) is 18.4. The molecule has 1 amide bonds. The van der Waals surface area contributed by atoms with Gasteiger partial charge in [-0.25, -0.2) is 16.8 Å². The fourth-order valence-corrected chi connectivity index (χ4v) is 8.52. The van der Waals surface area contributed by atoms with Crippen molar-refractivity contribution in [1.29, 1.82) is 0 Å². The number of rotatable bonds is 6. The lowest BCUT2D eigenvalue weighted by Gasteiger charge is -2.35. The molecule has 1 aromatic carbocycles. The standard InChI is InChI=1S/C22H33N3O5S2/c26-22(23-20-16-31(27,28)17-21(20)24-11-3-1-4-12-24)15-18-7-9-19(10-8-18)32(29,30)25-13-5-2-6-14-25/h7-10,20-21H,1-6,11-17H2,(H,23,26)/t20-,21+/m1/s1. The Morgan fingerprint density at radius 1 is 0.906 bits per heavy atom. The van der Waals surface area contributed by atoms with Gasteiger partial charge < -0.3 is 5.32 Å². The Labute approximate surface area is 191 Å². The van der Waals surface area contributed by atoms with Crippen LogP contribution in [0.5, 0.6) is 0 Å². The Bertz CT molecular complexity index is 1010. The average molecular weight is 484 g/mol. The van der Waals surface area contributed by atoms with Crippen molar-refractivity contribution in [3.8, 4) is 0 Å². The number of amides is 1. The highest BCUT2D eigenvalue weighted by Crippen LogP contribution is 2.23. The highest BCUT2D eigenvalue weighted by Gasteiger charge is 2.41. The van der Waals surface area contributed by atoms with Crippen molar-refractivity contribution in [2.45, 2.75) is 61.9 Å². The van der Waals surface area contributed by atoms with Gasteiger partial charge >= 0.3 is 0 Å². The van der Waals surface area contributed by atoms with Crippen LogP contribution in [0.25, 0.3) is 0 Å². The van der Waals surface area contributed by atoms with Crippen LogP contribution in [-0.2, 0) is 31.1 Å². The average Bonchev–Trinajstić information content (AvgIpc) is 3.09. The Morgan fingerprint density at radius 2 is 1.50 bits per heavy atom. The predicted octanol–water partition coefficient (Wildman–Crippen LogP) is 1.17. The van der Waals surface area contributed by atoms with Gasteiger partial charge in [-0.3, -0.25) is 9.69 Å². The fraction of sp³-hybridized carbons (Fsp3) is 0.682. The molecule has 3 fully saturated rings. The molecule has 3 heterocycles. The molecule has 0 bridgehead atoms. The van der Waals surface area contributed by atoms with Crippen LogP contribution in [0.4, 0.5) is 0 Å². The number of hydrogen-bond acceptors (Lipinski definition) is 6. The molecule has 3 aliphatic heterocycles. The Morgan fingerprint density at radius 3 is 2.12 bits per heavy atom. The topological polar surface area (TPSA) is 104 Å². The minimum atomic E-state index is -3.50. The van der Waals surface area contributed by atoms with Gasteiger partial charge in [0.25, 0.3) is 0 Å². The fourth-order valence-electron chi connectivity index (χ4n) is 5.05. The summed E-state index contributed by atoms with van der Waals surface area (Å²) in [5, 5.41) is 2.94. The number of carbonyl (C=O) groups is 1. The first-order valence-corrected chi connectivity index (χ1v) is 14.8. The van der Waals surface area contributed by atoms with Gasteiger partial charge in [-0.05, 0) is 56.5 Å². The molecular formula is C22H33N3O5S2. The number of likely N-dealkylation sites (tertiary alicyclic amines) is 1. The Kier molecular flexibility index (Phi) is 7.24. The van der Waals surface area contributed by atoms with Crippen molar-refractivity contribution in [3.05, 3.63) is 29.8 Å². The first-order chi connectivity index (χ1) is 15.2. The molecule has 0 spiro atoms. The molecule has 0 aliphatic carbocycles. The lowest BCUT2D eigenvalue weighted by atomic mass is 10.0. The summed E-state index contributed by atoms with van der Waals surface area (Å²) in [6.45, 7) is 2.85. The van der Waals surface area contributed by atoms with Gasteiger partial charge in [0, 0.05) is 19.1 Å². The largest absolute Gasteiger partial charge is 0.350 e. The van der Waals surface area contributed by atoms with E-state index in [1.807, 2.05) is 0 Å². The highest BCUT2D eigenvalue weighted by atomic mass is 32.2. The molecule has 1 aromatic rings. The molecule has 1 N–H and O–H groups in total. The number of carbonyl (C=O) groups excluding carboxylic acids is 1. The summed E-state index contributed by atoms with van der Waals surface area (Å²) in [5.74, 6) is -0.158. The van der Waals surface area contributed by atoms with Gasteiger partial charge in [-0.15, -0.1) is 0 Å². The molecular weight excluding hydrogens is 450 g/mol. The third kappa shape index (κ3) is 5.52. The van der Waals surface area contributed by atoms with E-state index in [1.54, 1.807) is 24.3 Å². The third-order valence-corrected chi connectivity index (χ3v) is 10.4. The predicted molar refractivity (Wildman–Crippen MR) is 123 cm³/mol. The van der Waals surface area contributed by atoms with Crippen molar-refractivity contribution in [2.24, 2.45) is 0 Å². The second-order valence-corrected chi connectivity index (χ2v) is 13.3. The molecule has 0 radical (unpaired) electrons. The quantitative estimate of drug-likeness (QED) is 0.652. The van der Waals surface area contributed by atoms with Crippen LogP contribution < -0.4 is 5.32 Å². The summed E-state index contributed by atoms with van der Waals surface area (Å²) < 4.78 is 51.6. The molecule has 0 aromatic heterocycles. The van der Waals surface area contributed by atoms with Crippen molar-refractivity contribution in [2.75, 3.05) is 37.7 Å². The van der Waals surface area contributed by atoms with Crippen molar-refractivity contribution < 1.29 is 21.6 Å². The number of piperidine rings is 2. The van der Waals surface area contributed by atoms with Crippen LogP contribution in [-0.4, -0.2) is 81.7 Å². The van der Waals surface area contributed by atoms with Crippen molar-refractivity contribution >= 4 is 25.8 Å². The van der Waals surface area contributed by atoms with Crippen LogP contribution in [0.2, 0.25) is 0 Å². The smallest absolute Gasteiger partial charge is 0.243 e. The first-order valence-electron chi connectivity index (χ1n) is 11.6. The maximum absolute atomic E-state index is 12.8. The second kappa shape index (κ2) is 9.79. The number of nitrogens with zero attached hydrogens (tertiary/aromatic N) is 2. The van der Waals surface area contributed by atoms with E-state index >= 15 is 0 Å². The Hall–Kier alpha value is -1.49. The number of benzene rings is 1. The first kappa shape index (κ1) is 23.7. The monoisotopic (exact) mass is 483 g/mol. The van der Waals surface area contributed by atoms with Gasteiger partial charge in [-0.1, -0.05) is 25.0 Å². The molecule has 3 aliphatic rings. The van der Waals surface area contributed by atoms with Crippen LogP contribution in [0.3, 0.4) is 0 Å². The third-order valence-electron chi connectivity index (χ3n) is 6.77. The van der Waals surface area contributed by atoms with Crippen LogP contribution in [0.1, 0.15) is 44.1 Å². The second-order valence-electron chi connectivity index (χ2n) is 9.20. The minimum Gasteiger partial charge on any atom is -0.350 e. The minimum absolute atomic E-state index is 0.0209. The van der Waals surface area contributed by atoms with Crippen molar-refractivity contribution in [1.82, 2.24) is 14.5 Å². The van der Waals surface area contributed by atoms with Crippen LogP contribution >= 0.6 is 0 Å². The molecule has 8 nitrogen and oxygen atoms in total. The van der Waals surface area contributed by atoms with Gasteiger partial charge in [0.15, 0.2) is 9.84 Å².